The number of phenols is 1. The maximum Gasteiger partial charge on any atom is 0.153 e. The number of benzene rings is 5. The fourth-order valence-electron chi connectivity index (χ4n) is 4.22. The van der Waals surface area contributed by atoms with E-state index in [4.69, 9.17) is 9.47 Å². The van der Waals surface area contributed by atoms with Crippen molar-refractivity contribution in [1.29, 1.82) is 0 Å². The lowest BCUT2D eigenvalue weighted by Gasteiger charge is -2.28. The van der Waals surface area contributed by atoms with Gasteiger partial charge in [0.2, 0.25) is 0 Å². The molecule has 0 saturated heterocycles. The Labute approximate surface area is 205 Å². The fraction of sp³-hybridized carbons (Fsp3) is 0.0625. The van der Waals surface area contributed by atoms with E-state index in [1.54, 1.807) is 6.07 Å². The Hall–Kier alpha value is -4.50. The van der Waals surface area contributed by atoms with Crippen molar-refractivity contribution in [2.45, 2.75) is 12.2 Å². The van der Waals surface area contributed by atoms with Crippen LogP contribution in [0.5, 0.6) is 17.2 Å². The van der Waals surface area contributed by atoms with Crippen LogP contribution < -0.4 is 9.47 Å². The Balaban J connectivity index is 1.67. The SMILES string of the molecule is Oc1cccc(C(Oc2ccccc2)c2ccccc2)c1C(Oc1ccccc1)c1ccccc1. The van der Waals surface area contributed by atoms with Gasteiger partial charge in [0.05, 0.1) is 0 Å². The molecule has 0 radical (unpaired) electrons. The summed E-state index contributed by atoms with van der Waals surface area (Å²) in [6.45, 7) is 0. The number of phenolic OH excluding ortho intramolecular Hbond substituents is 1. The van der Waals surface area contributed by atoms with Crippen molar-refractivity contribution in [2.24, 2.45) is 0 Å². The highest BCUT2D eigenvalue weighted by atomic mass is 16.5. The zero-order valence-corrected chi connectivity index (χ0v) is 19.2. The normalized spacial score (nSPS) is 12.5. The quantitative estimate of drug-likeness (QED) is 0.259. The van der Waals surface area contributed by atoms with Crippen molar-refractivity contribution in [1.82, 2.24) is 0 Å². The van der Waals surface area contributed by atoms with Crippen molar-refractivity contribution in [3.8, 4) is 17.2 Å². The maximum absolute atomic E-state index is 11.2. The molecule has 2 unspecified atom stereocenters. The number of ether oxygens (including phenoxy) is 2. The fourth-order valence-corrected chi connectivity index (χ4v) is 4.22. The molecule has 3 nitrogen and oxygen atoms in total. The van der Waals surface area contributed by atoms with Crippen LogP contribution in [0.3, 0.4) is 0 Å². The van der Waals surface area contributed by atoms with E-state index >= 15 is 0 Å². The van der Waals surface area contributed by atoms with E-state index in [1.807, 2.05) is 133 Å². The van der Waals surface area contributed by atoms with Gasteiger partial charge in [-0.2, -0.15) is 0 Å². The summed E-state index contributed by atoms with van der Waals surface area (Å²) in [5.41, 5.74) is 3.43. The van der Waals surface area contributed by atoms with Crippen LogP contribution in [0, 0.1) is 0 Å². The molecule has 1 N–H and O–H groups in total. The van der Waals surface area contributed by atoms with E-state index in [2.05, 4.69) is 0 Å². The number of hydrogen-bond acceptors (Lipinski definition) is 3. The molecule has 0 fully saturated rings. The molecule has 0 aromatic heterocycles. The Morgan fingerprint density at radius 1 is 0.429 bits per heavy atom. The molecule has 0 aliphatic rings. The molecule has 0 aliphatic carbocycles. The van der Waals surface area contributed by atoms with Crippen LogP contribution in [-0.2, 0) is 0 Å². The van der Waals surface area contributed by atoms with Crippen LogP contribution in [0.2, 0.25) is 0 Å². The molecule has 5 rings (SSSR count). The summed E-state index contributed by atoms with van der Waals surface area (Å²) in [7, 11) is 0. The minimum atomic E-state index is -0.541. The van der Waals surface area contributed by atoms with E-state index in [0.29, 0.717) is 5.56 Å². The predicted octanol–water partition coefficient (Wildman–Crippen LogP) is 7.73. The summed E-state index contributed by atoms with van der Waals surface area (Å²) in [6.07, 6.45) is -0.994. The van der Waals surface area contributed by atoms with Gasteiger partial charge in [-0.15, -0.1) is 0 Å². The molecule has 0 heterocycles. The Morgan fingerprint density at radius 2 is 0.857 bits per heavy atom. The van der Waals surface area contributed by atoms with Gasteiger partial charge in [0, 0.05) is 11.1 Å². The summed E-state index contributed by atoms with van der Waals surface area (Å²) >= 11 is 0. The van der Waals surface area contributed by atoms with Gasteiger partial charge in [-0.05, 0) is 41.5 Å². The average Bonchev–Trinajstić information content (AvgIpc) is 2.93. The molecule has 0 amide bonds. The molecule has 0 aliphatic heterocycles. The third-order valence-electron chi connectivity index (χ3n) is 5.86. The minimum absolute atomic E-state index is 0.157. The van der Waals surface area contributed by atoms with Gasteiger partial charge in [-0.1, -0.05) is 109 Å². The lowest BCUT2D eigenvalue weighted by molar-refractivity contribution is 0.220. The molecule has 0 spiro atoms. The monoisotopic (exact) mass is 458 g/mol. The lowest BCUT2D eigenvalue weighted by atomic mass is 9.90. The molecule has 0 saturated carbocycles. The van der Waals surface area contributed by atoms with Gasteiger partial charge in [0.15, 0.2) is 6.10 Å². The molecular weight excluding hydrogens is 432 g/mol. The van der Waals surface area contributed by atoms with E-state index in [-0.39, 0.29) is 5.75 Å². The Bertz CT molecular complexity index is 1340. The minimum Gasteiger partial charge on any atom is -0.508 e. The molecule has 2 atom stereocenters. The summed E-state index contributed by atoms with van der Waals surface area (Å²) in [6, 6.07) is 45.0. The van der Waals surface area contributed by atoms with Crippen molar-refractivity contribution < 1.29 is 14.6 Å². The van der Waals surface area contributed by atoms with Crippen LogP contribution in [-0.4, -0.2) is 5.11 Å². The summed E-state index contributed by atoms with van der Waals surface area (Å²) in [5.74, 6) is 1.62. The molecule has 5 aromatic carbocycles. The molecule has 35 heavy (non-hydrogen) atoms. The van der Waals surface area contributed by atoms with Crippen molar-refractivity contribution in [3.63, 3.8) is 0 Å². The number of hydrogen-bond donors (Lipinski definition) is 1. The zero-order valence-electron chi connectivity index (χ0n) is 19.2. The predicted molar refractivity (Wildman–Crippen MR) is 139 cm³/mol. The lowest BCUT2D eigenvalue weighted by Crippen LogP contribution is -2.17. The average molecular weight is 459 g/mol. The second-order valence-electron chi connectivity index (χ2n) is 8.22. The van der Waals surface area contributed by atoms with Crippen molar-refractivity contribution in [2.75, 3.05) is 0 Å². The van der Waals surface area contributed by atoms with E-state index in [0.717, 1.165) is 28.2 Å². The first-order chi connectivity index (χ1) is 17.3. The standard InChI is InChI=1S/C32H26O3/c33-29-23-13-22-28(31(24-14-5-1-6-15-24)34-26-18-9-3-10-19-26)30(29)32(25-16-7-2-8-17-25)35-27-20-11-4-12-21-27/h1-23,31-33H. The van der Waals surface area contributed by atoms with Crippen LogP contribution in [0.15, 0.2) is 140 Å². The van der Waals surface area contributed by atoms with Crippen LogP contribution >= 0.6 is 0 Å². The second-order valence-corrected chi connectivity index (χ2v) is 8.22. The highest BCUT2D eigenvalue weighted by molar-refractivity contribution is 5.50. The summed E-state index contributed by atoms with van der Waals surface area (Å²) < 4.78 is 13.1. The number of rotatable bonds is 8. The van der Waals surface area contributed by atoms with Crippen LogP contribution in [0.4, 0.5) is 0 Å². The summed E-state index contributed by atoms with van der Waals surface area (Å²) in [5, 5.41) is 11.2. The first kappa shape index (κ1) is 22.3. The Kier molecular flexibility index (Phi) is 6.77. The summed E-state index contributed by atoms with van der Waals surface area (Å²) in [4.78, 5) is 0. The number of aromatic hydroxyl groups is 1. The molecule has 3 heteroatoms. The number of para-hydroxylation sites is 2. The first-order valence-corrected chi connectivity index (χ1v) is 11.6. The van der Waals surface area contributed by atoms with Crippen LogP contribution in [0.1, 0.15) is 34.5 Å². The smallest absolute Gasteiger partial charge is 0.153 e. The molecular formula is C32H26O3. The van der Waals surface area contributed by atoms with E-state index < -0.39 is 12.2 Å². The van der Waals surface area contributed by atoms with Crippen LogP contribution in [0.25, 0.3) is 0 Å². The molecule has 172 valence electrons. The van der Waals surface area contributed by atoms with Gasteiger partial charge in [-0.3, -0.25) is 0 Å². The van der Waals surface area contributed by atoms with Crippen molar-refractivity contribution >= 4 is 0 Å². The van der Waals surface area contributed by atoms with Gasteiger partial charge in [0.1, 0.15) is 23.4 Å². The third-order valence-corrected chi connectivity index (χ3v) is 5.86. The highest BCUT2D eigenvalue weighted by Crippen LogP contribution is 2.41. The largest absolute Gasteiger partial charge is 0.508 e. The van der Waals surface area contributed by atoms with Gasteiger partial charge in [0.25, 0.3) is 0 Å². The Morgan fingerprint density at radius 3 is 1.37 bits per heavy atom. The molecule has 0 bridgehead atoms. The van der Waals surface area contributed by atoms with Gasteiger partial charge in [-0.25, -0.2) is 0 Å². The van der Waals surface area contributed by atoms with Crippen molar-refractivity contribution in [3.05, 3.63) is 162 Å². The topological polar surface area (TPSA) is 38.7 Å². The maximum atomic E-state index is 11.2. The zero-order chi connectivity index (χ0) is 23.9. The third kappa shape index (κ3) is 5.20. The first-order valence-electron chi connectivity index (χ1n) is 11.6. The molecule has 5 aromatic rings. The van der Waals surface area contributed by atoms with E-state index in [9.17, 15) is 5.11 Å². The second kappa shape index (κ2) is 10.6. The van der Waals surface area contributed by atoms with E-state index in [1.165, 1.54) is 0 Å². The van der Waals surface area contributed by atoms with Gasteiger partial charge < -0.3 is 14.6 Å². The van der Waals surface area contributed by atoms with Gasteiger partial charge >= 0.3 is 0 Å². The highest BCUT2D eigenvalue weighted by Gasteiger charge is 2.29.